The maximum absolute atomic E-state index is 13.5. The molecule has 8 heteroatoms. The molecule has 0 saturated carbocycles. The number of hydrogen-bond donors (Lipinski definition) is 1. The van der Waals surface area contributed by atoms with Gasteiger partial charge in [-0.1, -0.05) is 18.2 Å². The lowest BCUT2D eigenvalue weighted by atomic mass is 10.0. The molecule has 0 aliphatic carbocycles. The summed E-state index contributed by atoms with van der Waals surface area (Å²) in [5.41, 5.74) is 3.11. The summed E-state index contributed by atoms with van der Waals surface area (Å²) < 4.78 is 32.7. The zero-order valence-corrected chi connectivity index (χ0v) is 18.6. The number of hydrogen-bond acceptors (Lipinski definition) is 5. The Morgan fingerprint density at radius 1 is 1.22 bits per heavy atom. The van der Waals surface area contributed by atoms with Crippen molar-refractivity contribution >= 4 is 22.9 Å². The van der Waals surface area contributed by atoms with E-state index < -0.39 is 5.92 Å². The molecule has 1 amide bonds. The van der Waals surface area contributed by atoms with E-state index in [0.717, 1.165) is 21.8 Å². The van der Waals surface area contributed by atoms with Crippen molar-refractivity contribution in [2.45, 2.75) is 32.2 Å². The van der Waals surface area contributed by atoms with E-state index in [1.54, 1.807) is 29.7 Å². The quantitative estimate of drug-likeness (QED) is 0.518. The third-order valence-electron chi connectivity index (χ3n) is 5.43. The Morgan fingerprint density at radius 2 is 2.03 bits per heavy atom. The molecule has 1 aliphatic heterocycles. The average Bonchev–Trinajstić information content (AvgIpc) is 3.33. The van der Waals surface area contributed by atoms with Gasteiger partial charge in [0.25, 0.3) is 11.8 Å². The van der Waals surface area contributed by atoms with Crippen LogP contribution in [-0.4, -0.2) is 36.5 Å². The second-order valence-corrected chi connectivity index (χ2v) is 8.57. The summed E-state index contributed by atoms with van der Waals surface area (Å²) in [4.78, 5) is 19.2. The molecule has 0 spiro atoms. The molecule has 0 radical (unpaired) electrons. The number of aromatic nitrogens is 1. The molecule has 1 aliphatic rings. The van der Waals surface area contributed by atoms with E-state index in [9.17, 15) is 13.6 Å². The highest BCUT2D eigenvalue weighted by Gasteiger charge is 2.34. The molecular formula is C24H25F2N3O2S. The van der Waals surface area contributed by atoms with Crippen molar-refractivity contribution in [3.63, 3.8) is 0 Å². The number of anilines is 1. The Bertz CT molecular complexity index is 1060. The summed E-state index contributed by atoms with van der Waals surface area (Å²) in [5, 5.41) is 5.81. The molecule has 2 heterocycles. The minimum absolute atomic E-state index is 0.183. The van der Waals surface area contributed by atoms with Gasteiger partial charge in [0.2, 0.25) is 0 Å². The molecule has 32 heavy (non-hydrogen) atoms. The lowest BCUT2D eigenvalue weighted by molar-refractivity contribution is -0.0220. The van der Waals surface area contributed by atoms with Crippen molar-refractivity contribution in [1.29, 1.82) is 0 Å². The van der Waals surface area contributed by atoms with Crippen molar-refractivity contribution in [1.82, 2.24) is 10.3 Å². The fraction of sp³-hybridized carbons (Fsp3) is 0.333. The van der Waals surface area contributed by atoms with Crippen LogP contribution < -0.4 is 15.0 Å². The fourth-order valence-electron chi connectivity index (χ4n) is 3.72. The molecule has 1 aromatic heterocycles. The first kappa shape index (κ1) is 22.2. The molecule has 5 nitrogen and oxygen atoms in total. The van der Waals surface area contributed by atoms with Crippen LogP contribution in [0.3, 0.4) is 0 Å². The third-order valence-corrected chi connectivity index (χ3v) is 6.25. The van der Waals surface area contributed by atoms with Gasteiger partial charge < -0.3 is 15.0 Å². The molecule has 1 N–H and O–H groups in total. The maximum atomic E-state index is 13.5. The van der Waals surface area contributed by atoms with Crippen molar-refractivity contribution in [3.05, 3.63) is 65.2 Å². The van der Waals surface area contributed by atoms with E-state index in [0.29, 0.717) is 24.5 Å². The van der Waals surface area contributed by atoms with Crippen LogP contribution in [0.1, 0.15) is 35.7 Å². The molecular weight excluding hydrogens is 432 g/mol. The number of nitrogens with zero attached hydrogens (tertiary/aromatic N) is 2. The Hall–Kier alpha value is -3.00. The molecule has 3 aromatic rings. The highest BCUT2D eigenvalue weighted by atomic mass is 32.1. The second-order valence-electron chi connectivity index (χ2n) is 7.68. The van der Waals surface area contributed by atoms with Crippen molar-refractivity contribution in [2.75, 3.05) is 24.6 Å². The molecule has 168 valence electrons. The average molecular weight is 458 g/mol. The zero-order valence-electron chi connectivity index (χ0n) is 17.8. The van der Waals surface area contributed by atoms with E-state index in [2.05, 4.69) is 10.3 Å². The number of benzene rings is 2. The highest BCUT2D eigenvalue weighted by molar-refractivity contribution is 7.13. The first-order valence-corrected chi connectivity index (χ1v) is 11.5. The van der Waals surface area contributed by atoms with E-state index in [1.165, 1.54) is 0 Å². The Morgan fingerprint density at radius 3 is 2.75 bits per heavy atom. The van der Waals surface area contributed by atoms with Crippen LogP contribution >= 0.6 is 11.3 Å². The van der Waals surface area contributed by atoms with Gasteiger partial charge in [0, 0.05) is 55.3 Å². The van der Waals surface area contributed by atoms with E-state index in [-0.39, 0.29) is 31.8 Å². The summed E-state index contributed by atoms with van der Waals surface area (Å²) in [7, 11) is 0. The number of thiazole rings is 1. The lowest BCUT2D eigenvalue weighted by Gasteiger charge is -2.33. The van der Waals surface area contributed by atoms with E-state index in [1.807, 2.05) is 47.5 Å². The summed E-state index contributed by atoms with van der Waals surface area (Å²) in [5.74, 6) is -2.40. The summed E-state index contributed by atoms with van der Waals surface area (Å²) in [6, 6.07) is 13.2. The molecule has 1 fully saturated rings. The van der Waals surface area contributed by atoms with Crippen molar-refractivity contribution in [2.24, 2.45) is 0 Å². The maximum Gasteiger partial charge on any atom is 0.255 e. The summed E-state index contributed by atoms with van der Waals surface area (Å²) >= 11 is 1.56. The van der Waals surface area contributed by atoms with Crippen LogP contribution in [0.4, 0.5) is 14.5 Å². The Balaban J connectivity index is 1.49. The monoisotopic (exact) mass is 457 g/mol. The van der Waals surface area contributed by atoms with Gasteiger partial charge >= 0.3 is 0 Å². The smallest absolute Gasteiger partial charge is 0.255 e. The van der Waals surface area contributed by atoms with Gasteiger partial charge in [0.15, 0.2) is 0 Å². The van der Waals surface area contributed by atoms with Gasteiger partial charge in [-0.2, -0.15) is 0 Å². The zero-order chi connectivity index (χ0) is 22.6. The van der Waals surface area contributed by atoms with Crippen molar-refractivity contribution < 1.29 is 18.3 Å². The Kier molecular flexibility index (Phi) is 6.69. The van der Waals surface area contributed by atoms with Gasteiger partial charge in [-0.05, 0) is 36.8 Å². The van der Waals surface area contributed by atoms with Crippen LogP contribution in [0.25, 0.3) is 10.6 Å². The fourth-order valence-corrected chi connectivity index (χ4v) is 4.36. The number of carbonyl (C=O) groups is 1. The van der Waals surface area contributed by atoms with Gasteiger partial charge in [0.1, 0.15) is 10.8 Å². The minimum Gasteiger partial charge on any atom is -0.493 e. The lowest BCUT2D eigenvalue weighted by Crippen LogP contribution is -2.39. The predicted molar refractivity (Wildman–Crippen MR) is 123 cm³/mol. The van der Waals surface area contributed by atoms with E-state index in [4.69, 9.17) is 4.74 Å². The summed E-state index contributed by atoms with van der Waals surface area (Å²) in [6.45, 7) is 3.14. The van der Waals surface area contributed by atoms with Gasteiger partial charge in [0.05, 0.1) is 12.2 Å². The van der Waals surface area contributed by atoms with Gasteiger partial charge in [-0.15, -0.1) is 11.3 Å². The van der Waals surface area contributed by atoms with Crippen LogP contribution in [0.5, 0.6) is 5.75 Å². The topological polar surface area (TPSA) is 54.5 Å². The number of carbonyl (C=O) groups excluding carboxylic acids is 1. The molecule has 0 bridgehead atoms. The third kappa shape index (κ3) is 5.24. The number of alkyl halides is 2. The van der Waals surface area contributed by atoms with Crippen LogP contribution in [0.15, 0.2) is 54.0 Å². The minimum atomic E-state index is -2.62. The van der Waals surface area contributed by atoms with E-state index >= 15 is 0 Å². The summed E-state index contributed by atoms with van der Waals surface area (Å²) in [6.07, 6.45) is 1.40. The molecule has 1 saturated heterocycles. The number of ether oxygens (including phenoxy) is 1. The predicted octanol–water partition coefficient (Wildman–Crippen LogP) is 5.37. The number of piperidine rings is 1. The highest BCUT2D eigenvalue weighted by Crippen LogP contribution is 2.32. The number of halogens is 2. The van der Waals surface area contributed by atoms with Gasteiger partial charge in [-0.3, -0.25) is 4.79 Å². The second kappa shape index (κ2) is 9.65. The Labute approximate surface area is 190 Å². The normalized spacial score (nSPS) is 15.4. The SMILES string of the molecule is CCOc1ccc(N2CCC(F)(F)CC2)cc1C(=O)NCc1cccc(-c2nccs2)c1. The first-order chi connectivity index (χ1) is 15.4. The molecule has 2 aromatic carbocycles. The first-order valence-electron chi connectivity index (χ1n) is 10.6. The standard InChI is InChI=1S/C24H25F2N3O2S/c1-2-31-21-7-6-19(29-11-8-24(25,26)9-12-29)15-20(21)22(30)28-16-17-4-3-5-18(14-17)23-27-10-13-32-23/h3-7,10,13-15H,2,8-9,11-12,16H2,1H3,(H,28,30). The number of rotatable bonds is 7. The molecule has 0 unspecified atom stereocenters. The van der Waals surface area contributed by atoms with Crippen LogP contribution in [-0.2, 0) is 6.54 Å². The largest absolute Gasteiger partial charge is 0.493 e. The van der Waals surface area contributed by atoms with Crippen LogP contribution in [0.2, 0.25) is 0 Å². The number of amides is 1. The molecule has 0 atom stereocenters. The molecule has 4 rings (SSSR count). The van der Waals surface area contributed by atoms with Crippen molar-refractivity contribution in [3.8, 4) is 16.3 Å². The number of nitrogens with one attached hydrogen (secondary N) is 1. The van der Waals surface area contributed by atoms with Crippen LogP contribution in [0, 0.1) is 0 Å². The van der Waals surface area contributed by atoms with Gasteiger partial charge in [-0.25, -0.2) is 13.8 Å².